The van der Waals surface area contributed by atoms with E-state index in [0.29, 0.717) is 12.3 Å². The second-order valence-corrected chi connectivity index (χ2v) is 6.06. The van der Waals surface area contributed by atoms with E-state index in [9.17, 15) is 4.79 Å². The summed E-state index contributed by atoms with van der Waals surface area (Å²) in [7, 11) is 0. The highest BCUT2D eigenvalue weighted by molar-refractivity contribution is 5.84. The van der Waals surface area contributed by atoms with Gasteiger partial charge in [0.25, 0.3) is 0 Å². The number of hydrogen-bond donors (Lipinski definition) is 2. The van der Waals surface area contributed by atoms with Crippen LogP contribution in [0.4, 0.5) is 0 Å². The Morgan fingerprint density at radius 1 is 1.47 bits per heavy atom. The van der Waals surface area contributed by atoms with Crippen molar-refractivity contribution in [2.75, 3.05) is 6.54 Å². The van der Waals surface area contributed by atoms with Crippen molar-refractivity contribution in [2.45, 2.75) is 39.2 Å². The number of carbonyl (C=O) groups is 1. The van der Waals surface area contributed by atoms with Gasteiger partial charge in [0.1, 0.15) is 5.76 Å². The third-order valence-corrected chi connectivity index (χ3v) is 4.84. The Hall–Kier alpha value is -1.29. The van der Waals surface area contributed by atoms with Crippen LogP contribution >= 0.6 is 0 Å². The lowest BCUT2D eigenvalue weighted by atomic mass is 9.89. The number of fused-ring (bicyclic) bond motifs is 2. The molecule has 1 aromatic heterocycles. The van der Waals surface area contributed by atoms with Crippen molar-refractivity contribution in [3.63, 3.8) is 0 Å². The predicted molar refractivity (Wildman–Crippen MR) is 71.0 cm³/mol. The fourth-order valence-electron chi connectivity index (χ4n) is 3.82. The third kappa shape index (κ3) is 2.54. The number of furan rings is 1. The number of hydrogen-bond acceptors (Lipinski definition) is 3. The van der Waals surface area contributed by atoms with Crippen molar-refractivity contribution in [1.29, 1.82) is 0 Å². The lowest BCUT2D eigenvalue weighted by Gasteiger charge is -2.21. The topological polar surface area (TPSA) is 62.5 Å². The van der Waals surface area contributed by atoms with Crippen LogP contribution in [0, 0.1) is 24.7 Å². The van der Waals surface area contributed by atoms with E-state index in [0.717, 1.165) is 29.9 Å². The van der Waals surface area contributed by atoms with Crippen LogP contribution in [0.5, 0.6) is 0 Å². The third-order valence-electron chi connectivity index (χ3n) is 4.84. The smallest absolute Gasteiger partial charge is 0.371 e. The van der Waals surface area contributed by atoms with Crippen molar-refractivity contribution < 1.29 is 14.3 Å². The zero-order valence-corrected chi connectivity index (χ0v) is 11.3. The molecule has 0 saturated heterocycles. The number of aromatic carboxylic acids is 1. The monoisotopic (exact) mass is 263 g/mol. The molecule has 2 fully saturated rings. The number of aryl methyl sites for hydroxylation is 1. The fourth-order valence-corrected chi connectivity index (χ4v) is 3.82. The average Bonchev–Trinajstić information content (AvgIpc) is 3.05. The first-order chi connectivity index (χ1) is 9.13. The van der Waals surface area contributed by atoms with Crippen molar-refractivity contribution in [3.8, 4) is 0 Å². The number of carboxylic acid groups (broad SMARTS) is 1. The van der Waals surface area contributed by atoms with Gasteiger partial charge in [0.05, 0.1) is 0 Å². The highest BCUT2D eigenvalue weighted by Gasteiger charge is 2.38. The van der Waals surface area contributed by atoms with E-state index in [4.69, 9.17) is 9.52 Å². The molecular weight excluding hydrogens is 242 g/mol. The minimum absolute atomic E-state index is 0.0363. The van der Waals surface area contributed by atoms with E-state index in [-0.39, 0.29) is 5.76 Å². The van der Waals surface area contributed by atoms with E-state index in [1.54, 1.807) is 6.07 Å². The number of carboxylic acids is 1. The molecule has 2 N–H and O–H groups in total. The minimum atomic E-state index is -0.998. The van der Waals surface area contributed by atoms with Gasteiger partial charge in [-0.25, -0.2) is 4.79 Å². The van der Waals surface area contributed by atoms with E-state index in [1.165, 1.54) is 25.7 Å². The van der Waals surface area contributed by atoms with Gasteiger partial charge in [-0.15, -0.1) is 0 Å². The molecule has 0 amide bonds. The summed E-state index contributed by atoms with van der Waals surface area (Å²) < 4.78 is 5.21. The maximum Gasteiger partial charge on any atom is 0.371 e. The van der Waals surface area contributed by atoms with Crippen molar-refractivity contribution in [1.82, 2.24) is 5.32 Å². The molecule has 1 aromatic rings. The zero-order valence-electron chi connectivity index (χ0n) is 11.3. The SMILES string of the molecule is Cc1oc(C(=O)O)cc1CNCC1CC2CCC1C2. The molecule has 2 bridgehead atoms. The van der Waals surface area contributed by atoms with E-state index < -0.39 is 5.97 Å². The Balaban J connectivity index is 1.51. The molecule has 0 aromatic carbocycles. The van der Waals surface area contributed by atoms with Gasteiger partial charge < -0.3 is 14.8 Å². The Bertz CT molecular complexity index is 480. The van der Waals surface area contributed by atoms with Gasteiger partial charge in [0, 0.05) is 12.1 Å². The van der Waals surface area contributed by atoms with Crippen LogP contribution < -0.4 is 5.32 Å². The molecule has 0 spiro atoms. The largest absolute Gasteiger partial charge is 0.475 e. The standard InChI is InChI=1S/C15H21NO3/c1-9-12(6-14(19-9)15(17)18)7-16-8-13-5-10-2-3-11(13)4-10/h6,10-11,13,16H,2-5,7-8H2,1H3,(H,17,18). The van der Waals surface area contributed by atoms with Gasteiger partial charge in [0.2, 0.25) is 5.76 Å². The quantitative estimate of drug-likeness (QED) is 0.857. The van der Waals surface area contributed by atoms with Gasteiger partial charge >= 0.3 is 5.97 Å². The molecule has 3 atom stereocenters. The Labute approximate surface area is 113 Å². The van der Waals surface area contributed by atoms with Crippen LogP contribution in [0.25, 0.3) is 0 Å². The van der Waals surface area contributed by atoms with Crippen LogP contribution in [0.3, 0.4) is 0 Å². The number of rotatable bonds is 5. The summed E-state index contributed by atoms with van der Waals surface area (Å²) in [6, 6.07) is 1.63. The Kier molecular flexibility index (Phi) is 3.35. The maximum atomic E-state index is 10.8. The first kappa shape index (κ1) is 12.7. The first-order valence-corrected chi connectivity index (χ1v) is 7.17. The van der Waals surface area contributed by atoms with Crippen LogP contribution in [-0.4, -0.2) is 17.6 Å². The van der Waals surface area contributed by atoms with Gasteiger partial charge in [-0.3, -0.25) is 0 Å². The molecule has 0 radical (unpaired) electrons. The molecule has 2 saturated carbocycles. The van der Waals surface area contributed by atoms with E-state index in [1.807, 2.05) is 6.92 Å². The second-order valence-electron chi connectivity index (χ2n) is 6.06. The average molecular weight is 263 g/mol. The highest BCUT2D eigenvalue weighted by atomic mass is 16.4. The normalized spacial score (nSPS) is 29.0. The molecule has 2 aliphatic rings. The van der Waals surface area contributed by atoms with Gasteiger partial charge in [-0.2, -0.15) is 0 Å². The van der Waals surface area contributed by atoms with Crippen molar-refractivity contribution >= 4 is 5.97 Å². The summed E-state index contributed by atoms with van der Waals surface area (Å²) in [4.78, 5) is 10.8. The molecule has 4 heteroatoms. The molecule has 3 unspecified atom stereocenters. The highest BCUT2D eigenvalue weighted by Crippen LogP contribution is 2.47. The van der Waals surface area contributed by atoms with Gasteiger partial charge in [-0.1, -0.05) is 6.42 Å². The Morgan fingerprint density at radius 2 is 2.32 bits per heavy atom. The Morgan fingerprint density at radius 3 is 2.89 bits per heavy atom. The van der Waals surface area contributed by atoms with Crippen molar-refractivity contribution in [2.24, 2.45) is 17.8 Å². The van der Waals surface area contributed by atoms with Gasteiger partial charge in [-0.05, 0) is 56.6 Å². The molecular formula is C15H21NO3. The molecule has 3 rings (SSSR count). The van der Waals surface area contributed by atoms with E-state index in [2.05, 4.69) is 5.32 Å². The van der Waals surface area contributed by atoms with Crippen LogP contribution in [0.2, 0.25) is 0 Å². The minimum Gasteiger partial charge on any atom is -0.475 e. The summed E-state index contributed by atoms with van der Waals surface area (Å²) in [5.74, 6) is 2.48. The van der Waals surface area contributed by atoms with Crippen LogP contribution in [-0.2, 0) is 6.54 Å². The summed E-state index contributed by atoms with van der Waals surface area (Å²) in [6.07, 6.45) is 5.65. The lowest BCUT2D eigenvalue weighted by Crippen LogP contribution is -2.26. The molecule has 19 heavy (non-hydrogen) atoms. The fraction of sp³-hybridized carbons (Fsp3) is 0.667. The second kappa shape index (κ2) is 5.00. The molecule has 104 valence electrons. The van der Waals surface area contributed by atoms with Crippen LogP contribution in [0.1, 0.15) is 47.6 Å². The molecule has 2 aliphatic carbocycles. The maximum absolute atomic E-state index is 10.8. The summed E-state index contributed by atoms with van der Waals surface area (Å²) in [6.45, 7) is 3.58. The summed E-state index contributed by atoms with van der Waals surface area (Å²) >= 11 is 0. The zero-order chi connectivity index (χ0) is 13.4. The molecule has 0 aliphatic heterocycles. The van der Waals surface area contributed by atoms with Crippen molar-refractivity contribution in [3.05, 3.63) is 23.2 Å². The molecule has 4 nitrogen and oxygen atoms in total. The lowest BCUT2D eigenvalue weighted by molar-refractivity contribution is 0.0661. The van der Waals surface area contributed by atoms with Crippen LogP contribution in [0.15, 0.2) is 10.5 Å². The first-order valence-electron chi connectivity index (χ1n) is 7.17. The van der Waals surface area contributed by atoms with E-state index >= 15 is 0 Å². The summed E-state index contributed by atoms with van der Waals surface area (Å²) in [5.41, 5.74) is 0.959. The number of nitrogens with one attached hydrogen (secondary N) is 1. The van der Waals surface area contributed by atoms with Gasteiger partial charge in [0.15, 0.2) is 0 Å². The predicted octanol–water partition coefficient (Wildman–Crippen LogP) is 2.81. The summed E-state index contributed by atoms with van der Waals surface area (Å²) in [5, 5.41) is 12.3. The molecule has 1 heterocycles.